The van der Waals surface area contributed by atoms with Crippen molar-refractivity contribution in [3.8, 4) is 0 Å². The third-order valence-corrected chi connectivity index (χ3v) is 1.13. The maximum Gasteiger partial charge on any atom is 0.406 e. The molecule has 3 nitrogen and oxygen atoms in total. The van der Waals surface area contributed by atoms with E-state index in [-0.39, 0.29) is 0 Å². The number of hydrogen-bond acceptors (Lipinski definition) is 1. The number of carbonyl (C=O) groups excluding carboxylic acids is 1. The number of nitrogens with zero attached hydrogens (tertiary/aromatic N) is 2. The Kier molecular flexibility index (Phi) is 3.36. The molecule has 12 heavy (non-hydrogen) atoms. The highest BCUT2D eigenvalue weighted by atomic mass is 19.4. The van der Waals surface area contributed by atoms with Crippen molar-refractivity contribution in [3.05, 3.63) is 0 Å². The third-order valence-electron chi connectivity index (χ3n) is 1.13. The van der Waals surface area contributed by atoms with Crippen molar-refractivity contribution in [1.29, 1.82) is 0 Å². The number of carbonyl (C=O) groups is 1. The second-order valence-corrected chi connectivity index (χ2v) is 2.65. The van der Waals surface area contributed by atoms with E-state index in [0.717, 1.165) is 11.9 Å². The molecule has 0 radical (unpaired) electrons. The maximum atomic E-state index is 11.7. The van der Waals surface area contributed by atoms with Gasteiger partial charge >= 0.3 is 12.2 Å². The summed E-state index contributed by atoms with van der Waals surface area (Å²) in [5.74, 6) is 0. The predicted molar refractivity (Wildman–Crippen MR) is 37.8 cm³/mol. The predicted octanol–water partition coefficient (Wildman–Crippen LogP) is 1.16. The van der Waals surface area contributed by atoms with Gasteiger partial charge in [-0.1, -0.05) is 0 Å². The molecule has 6 heteroatoms. The first-order valence-corrected chi connectivity index (χ1v) is 3.23. The Bertz CT molecular complexity index is 167. The van der Waals surface area contributed by atoms with E-state index in [0.29, 0.717) is 4.90 Å². The summed E-state index contributed by atoms with van der Waals surface area (Å²) in [7, 11) is 3.90. The number of alkyl halides is 3. The van der Waals surface area contributed by atoms with Gasteiger partial charge in [0.15, 0.2) is 0 Å². The Balaban J connectivity index is 4.05. The summed E-state index contributed by atoms with van der Waals surface area (Å²) in [6.45, 7) is -1.22. The Morgan fingerprint density at radius 2 is 1.67 bits per heavy atom. The van der Waals surface area contributed by atoms with Crippen molar-refractivity contribution >= 4 is 6.03 Å². The molecule has 0 N–H and O–H groups in total. The van der Waals surface area contributed by atoms with E-state index in [1.165, 1.54) is 14.1 Å². The standard InChI is InChI=1S/C6H11F3N2O/c1-10(2)5(12)11(3)4-6(7,8)9/h4H2,1-3H3. The van der Waals surface area contributed by atoms with Crippen LogP contribution in [-0.2, 0) is 0 Å². The fraction of sp³-hybridized carbons (Fsp3) is 0.833. The highest BCUT2D eigenvalue weighted by Crippen LogP contribution is 2.15. The first kappa shape index (κ1) is 11.1. The minimum Gasteiger partial charge on any atom is -0.331 e. The van der Waals surface area contributed by atoms with Crippen molar-refractivity contribution < 1.29 is 18.0 Å². The van der Waals surface area contributed by atoms with Crippen LogP contribution in [0.2, 0.25) is 0 Å². The van der Waals surface area contributed by atoms with E-state index in [1.807, 2.05) is 0 Å². The van der Waals surface area contributed by atoms with Gasteiger partial charge in [-0.15, -0.1) is 0 Å². The van der Waals surface area contributed by atoms with Crippen molar-refractivity contribution in [3.63, 3.8) is 0 Å². The smallest absolute Gasteiger partial charge is 0.331 e. The molecule has 0 aliphatic heterocycles. The topological polar surface area (TPSA) is 23.6 Å². The molecule has 0 aliphatic carbocycles. The molecule has 0 unspecified atom stereocenters. The van der Waals surface area contributed by atoms with Gasteiger partial charge in [-0.2, -0.15) is 13.2 Å². The van der Waals surface area contributed by atoms with Gasteiger partial charge in [-0.25, -0.2) is 4.79 Å². The number of hydrogen-bond donors (Lipinski definition) is 0. The van der Waals surface area contributed by atoms with Gasteiger partial charge in [0, 0.05) is 21.1 Å². The van der Waals surface area contributed by atoms with Gasteiger partial charge in [0.1, 0.15) is 6.54 Å². The normalized spacial score (nSPS) is 11.2. The average Bonchev–Trinajstić information content (AvgIpc) is 1.82. The largest absolute Gasteiger partial charge is 0.406 e. The van der Waals surface area contributed by atoms with Crippen LogP contribution in [0.3, 0.4) is 0 Å². The molecule has 0 aliphatic rings. The van der Waals surface area contributed by atoms with Gasteiger partial charge in [0.2, 0.25) is 0 Å². The molecule has 72 valence electrons. The van der Waals surface area contributed by atoms with Crippen LogP contribution in [-0.4, -0.2) is 49.7 Å². The van der Waals surface area contributed by atoms with Crippen LogP contribution in [0.25, 0.3) is 0 Å². The first-order chi connectivity index (χ1) is 5.24. The zero-order valence-electron chi connectivity index (χ0n) is 7.14. The lowest BCUT2D eigenvalue weighted by atomic mass is 10.5. The van der Waals surface area contributed by atoms with Crippen LogP contribution in [0.1, 0.15) is 0 Å². The SMILES string of the molecule is CN(C)C(=O)N(C)CC(F)(F)F. The van der Waals surface area contributed by atoms with Gasteiger partial charge in [-0.05, 0) is 0 Å². The van der Waals surface area contributed by atoms with Crippen LogP contribution in [0, 0.1) is 0 Å². The Morgan fingerprint density at radius 1 is 1.25 bits per heavy atom. The highest BCUT2D eigenvalue weighted by molar-refractivity contribution is 5.73. The summed E-state index contributed by atoms with van der Waals surface area (Å²) in [6, 6.07) is -0.660. The average molecular weight is 184 g/mol. The molecule has 0 aromatic rings. The summed E-state index contributed by atoms with van der Waals surface area (Å²) in [5, 5.41) is 0. The van der Waals surface area contributed by atoms with E-state index >= 15 is 0 Å². The fourth-order valence-corrected chi connectivity index (χ4v) is 0.678. The molecule has 0 atom stereocenters. The molecule has 0 rings (SSSR count). The highest BCUT2D eigenvalue weighted by Gasteiger charge is 2.31. The summed E-state index contributed by atoms with van der Waals surface area (Å²) in [4.78, 5) is 12.6. The second kappa shape index (κ2) is 3.64. The monoisotopic (exact) mass is 184 g/mol. The molecule has 0 spiro atoms. The van der Waals surface area contributed by atoms with E-state index in [4.69, 9.17) is 0 Å². The molecule has 0 aromatic carbocycles. The third kappa shape index (κ3) is 4.05. The Morgan fingerprint density at radius 3 is 1.92 bits per heavy atom. The maximum absolute atomic E-state index is 11.7. The summed E-state index contributed by atoms with van der Waals surface area (Å²) >= 11 is 0. The minimum absolute atomic E-state index is 0.611. The Labute approximate surface area is 68.7 Å². The van der Waals surface area contributed by atoms with E-state index < -0.39 is 18.8 Å². The molecule has 0 fully saturated rings. The zero-order chi connectivity index (χ0) is 9.94. The van der Waals surface area contributed by atoms with Crippen LogP contribution in [0.5, 0.6) is 0 Å². The van der Waals surface area contributed by atoms with Gasteiger partial charge in [-0.3, -0.25) is 0 Å². The molecule has 0 bridgehead atoms. The number of amides is 2. The molecule has 2 amide bonds. The molecule has 0 heterocycles. The second-order valence-electron chi connectivity index (χ2n) is 2.65. The lowest BCUT2D eigenvalue weighted by molar-refractivity contribution is -0.138. The van der Waals surface area contributed by atoms with E-state index in [1.54, 1.807) is 0 Å². The Hall–Kier alpha value is -0.940. The fourth-order valence-electron chi connectivity index (χ4n) is 0.678. The lowest BCUT2D eigenvalue weighted by Gasteiger charge is -2.22. The minimum atomic E-state index is -4.33. The first-order valence-electron chi connectivity index (χ1n) is 3.23. The van der Waals surface area contributed by atoms with Crippen LogP contribution in [0.15, 0.2) is 0 Å². The van der Waals surface area contributed by atoms with Crippen LogP contribution < -0.4 is 0 Å². The summed E-state index contributed by atoms with van der Waals surface area (Å²) < 4.78 is 35.2. The molecule has 0 saturated carbocycles. The van der Waals surface area contributed by atoms with Crippen LogP contribution >= 0.6 is 0 Å². The molecule has 0 aromatic heterocycles. The van der Waals surface area contributed by atoms with Crippen molar-refractivity contribution in [2.24, 2.45) is 0 Å². The number of rotatable bonds is 1. The summed E-state index contributed by atoms with van der Waals surface area (Å²) in [5.41, 5.74) is 0. The zero-order valence-corrected chi connectivity index (χ0v) is 7.14. The van der Waals surface area contributed by atoms with E-state index in [9.17, 15) is 18.0 Å². The molecular formula is C6H11F3N2O. The quantitative estimate of drug-likeness (QED) is 0.599. The number of urea groups is 1. The van der Waals surface area contributed by atoms with Gasteiger partial charge in [0.25, 0.3) is 0 Å². The van der Waals surface area contributed by atoms with Gasteiger partial charge < -0.3 is 9.80 Å². The van der Waals surface area contributed by atoms with Crippen molar-refractivity contribution in [2.45, 2.75) is 6.18 Å². The molecule has 0 saturated heterocycles. The van der Waals surface area contributed by atoms with Crippen LogP contribution in [0.4, 0.5) is 18.0 Å². The lowest BCUT2D eigenvalue weighted by Crippen LogP contribution is -2.41. The van der Waals surface area contributed by atoms with Gasteiger partial charge in [0.05, 0.1) is 0 Å². The van der Waals surface area contributed by atoms with Crippen molar-refractivity contribution in [1.82, 2.24) is 9.80 Å². The molecular weight excluding hydrogens is 173 g/mol. The van der Waals surface area contributed by atoms with Crippen molar-refractivity contribution in [2.75, 3.05) is 27.7 Å². The number of halogens is 3. The summed E-state index contributed by atoms with van der Waals surface area (Å²) in [6.07, 6.45) is -4.33. The van der Waals surface area contributed by atoms with E-state index in [2.05, 4.69) is 0 Å².